The molecule has 0 fully saturated rings. The molecule has 1 unspecified atom stereocenters. The first-order valence-electron chi connectivity index (χ1n) is 10.1. The summed E-state index contributed by atoms with van der Waals surface area (Å²) >= 11 is 11.9. The van der Waals surface area contributed by atoms with Crippen LogP contribution in [0.4, 0.5) is 5.82 Å². The second-order valence-electron chi connectivity index (χ2n) is 7.46. The summed E-state index contributed by atoms with van der Waals surface area (Å²) in [5, 5.41) is 3.69. The molecule has 1 atom stereocenters. The number of aromatic nitrogens is 2. The zero-order chi connectivity index (χ0) is 23.5. The molecule has 4 rings (SSSR count). The van der Waals surface area contributed by atoms with E-state index in [1.807, 2.05) is 49.4 Å². The van der Waals surface area contributed by atoms with Gasteiger partial charge >= 0.3 is 5.97 Å². The number of benzene rings is 2. The van der Waals surface area contributed by atoms with Crippen LogP contribution in [0, 0.1) is 6.92 Å². The molecule has 4 aromatic rings. The van der Waals surface area contributed by atoms with E-state index in [4.69, 9.17) is 27.9 Å². The number of aryl methyl sites for hydroxylation is 1. The average molecular weight is 480 g/mol. The van der Waals surface area contributed by atoms with Crippen LogP contribution < -0.4 is 5.32 Å². The van der Waals surface area contributed by atoms with Gasteiger partial charge < -0.3 is 10.1 Å². The lowest BCUT2D eigenvalue weighted by atomic mass is 10.0. The maximum absolute atomic E-state index is 13.1. The van der Waals surface area contributed by atoms with Gasteiger partial charge in [0.05, 0.1) is 26.8 Å². The second-order valence-corrected chi connectivity index (χ2v) is 8.30. The van der Waals surface area contributed by atoms with Gasteiger partial charge in [-0.15, -0.1) is 0 Å². The molecule has 0 bridgehead atoms. The minimum absolute atomic E-state index is 0.130. The van der Waals surface area contributed by atoms with E-state index in [1.54, 1.807) is 12.1 Å². The van der Waals surface area contributed by atoms with Gasteiger partial charge in [0, 0.05) is 17.1 Å². The third-order valence-corrected chi connectivity index (χ3v) is 5.48. The minimum Gasteiger partial charge on any atom is -0.449 e. The van der Waals surface area contributed by atoms with E-state index in [9.17, 15) is 9.59 Å². The fraction of sp³-hybridized carbons (Fsp3) is 0.120. The Morgan fingerprint density at radius 2 is 1.76 bits per heavy atom. The molecule has 33 heavy (non-hydrogen) atoms. The molecule has 0 saturated carbocycles. The van der Waals surface area contributed by atoms with Crippen LogP contribution in [-0.4, -0.2) is 27.9 Å². The number of nitrogens with one attached hydrogen (secondary N) is 1. The highest BCUT2D eigenvalue weighted by molar-refractivity contribution is 6.36. The number of anilines is 1. The third-order valence-electron chi connectivity index (χ3n) is 4.99. The fourth-order valence-corrected chi connectivity index (χ4v) is 3.65. The smallest absolute Gasteiger partial charge is 0.339 e. The zero-order valence-corrected chi connectivity index (χ0v) is 19.3. The van der Waals surface area contributed by atoms with Gasteiger partial charge in [0.1, 0.15) is 0 Å². The van der Waals surface area contributed by atoms with E-state index in [0.717, 1.165) is 11.1 Å². The molecule has 2 aromatic carbocycles. The summed E-state index contributed by atoms with van der Waals surface area (Å²) in [6.07, 6.45) is 0.260. The van der Waals surface area contributed by atoms with Crippen molar-refractivity contribution in [3.63, 3.8) is 0 Å². The van der Waals surface area contributed by atoms with E-state index in [-0.39, 0.29) is 10.8 Å². The summed E-state index contributed by atoms with van der Waals surface area (Å²) in [6.45, 7) is 3.47. The summed E-state index contributed by atoms with van der Waals surface area (Å²) in [5.74, 6) is -1.08. The Balaban J connectivity index is 1.60. The van der Waals surface area contributed by atoms with E-state index in [1.165, 1.54) is 19.2 Å². The third kappa shape index (κ3) is 5.13. The van der Waals surface area contributed by atoms with Crippen LogP contribution in [0.15, 0.2) is 66.9 Å². The van der Waals surface area contributed by atoms with Gasteiger partial charge in [-0.05, 0) is 32.0 Å². The summed E-state index contributed by atoms with van der Waals surface area (Å²) in [7, 11) is 0. The molecule has 0 aliphatic heterocycles. The molecule has 2 aromatic heterocycles. The second kappa shape index (κ2) is 9.57. The van der Waals surface area contributed by atoms with Crippen molar-refractivity contribution in [1.29, 1.82) is 0 Å². The van der Waals surface area contributed by atoms with E-state index in [2.05, 4.69) is 15.3 Å². The van der Waals surface area contributed by atoms with Crippen molar-refractivity contribution in [1.82, 2.24) is 9.97 Å². The lowest BCUT2D eigenvalue weighted by Crippen LogP contribution is -2.30. The number of para-hydroxylation sites is 1. The quantitative estimate of drug-likeness (QED) is 0.350. The molecule has 0 aliphatic rings. The number of hydrogen-bond donors (Lipinski definition) is 1. The summed E-state index contributed by atoms with van der Waals surface area (Å²) in [4.78, 5) is 34.3. The molecular weight excluding hydrogens is 461 g/mol. The Bertz CT molecular complexity index is 1360. The van der Waals surface area contributed by atoms with Crippen LogP contribution in [0.5, 0.6) is 0 Å². The van der Waals surface area contributed by atoms with Gasteiger partial charge in [-0.2, -0.15) is 0 Å². The van der Waals surface area contributed by atoms with Crippen molar-refractivity contribution >= 4 is 51.8 Å². The Hall–Kier alpha value is -3.48. The molecule has 8 heteroatoms. The van der Waals surface area contributed by atoms with Crippen LogP contribution in [0.3, 0.4) is 0 Å². The zero-order valence-electron chi connectivity index (χ0n) is 17.8. The molecule has 2 heterocycles. The summed E-state index contributed by atoms with van der Waals surface area (Å²) in [5.41, 5.74) is 3.59. The number of carbonyl (C=O) groups is 2. The number of halogens is 2. The van der Waals surface area contributed by atoms with Crippen molar-refractivity contribution in [2.45, 2.75) is 20.0 Å². The van der Waals surface area contributed by atoms with Gasteiger partial charge in [0.25, 0.3) is 5.91 Å². The van der Waals surface area contributed by atoms with Gasteiger partial charge in [-0.3, -0.25) is 4.79 Å². The van der Waals surface area contributed by atoms with Crippen molar-refractivity contribution in [3.8, 4) is 11.3 Å². The molecule has 166 valence electrons. The van der Waals surface area contributed by atoms with Crippen molar-refractivity contribution in [2.24, 2.45) is 0 Å². The number of hydrogen-bond acceptors (Lipinski definition) is 5. The lowest BCUT2D eigenvalue weighted by Gasteiger charge is -2.15. The minimum atomic E-state index is -1.10. The van der Waals surface area contributed by atoms with Crippen LogP contribution in [0.25, 0.3) is 22.2 Å². The number of pyridine rings is 2. The van der Waals surface area contributed by atoms with Crippen LogP contribution >= 0.6 is 23.2 Å². The molecule has 1 amide bonds. The monoisotopic (exact) mass is 479 g/mol. The van der Waals surface area contributed by atoms with Crippen molar-refractivity contribution < 1.29 is 14.3 Å². The van der Waals surface area contributed by atoms with Crippen molar-refractivity contribution in [2.75, 3.05) is 5.32 Å². The molecule has 0 radical (unpaired) electrons. The first kappa shape index (κ1) is 22.7. The van der Waals surface area contributed by atoms with Gasteiger partial charge in [-0.25, -0.2) is 14.8 Å². The van der Waals surface area contributed by atoms with Crippen molar-refractivity contribution in [3.05, 3.63) is 88.0 Å². The van der Waals surface area contributed by atoms with Gasteiger partial charge in [0.2, 0.25) is 0 Å². The maximum atomic E-state index is 13.1. The van der Waals surface area contributed by atoms with Crippen LogP contribution in [0.1, 0.15) is 22.8 Å². The molecule has 0 aliphatic carbocycles. The number of ether oxygens (including phenoxy) is 1. The Kier molecular flexibility index (Phi) is 6.58. The van der Waals surface area contributed by atoms with E-state index < -0.39 is 18.0 Å². The predicted octanol–water partition coefficient (Wildman–Crippen LogP) is 6.10. The van der Waals surface area contributed by atoms with Crippen LogP contribution in [0.2, 0.25) is 10.0 Å². The van der Waals surface area contributed by atoms with E-state index in [0.29, 0.717) is 27.2 Å². The van der Waals surface area contributed by atoms with Crippen LogP contribution in [-0.2, 0) is 9.53 Å². The molecule has 6 nitrogen and oxygen atoms in total. The number of fused-ring (bicyclic) bond motifs is 1. The maximum Gasteiger partial charge on any atom is 0.339 e. The topological polar surface area (TPSA) is 81.2 Å². The first-order valence-corrected chi connectivity index (χ1v) is 10.9. The van der Waals surface area contributed by atoms with E-state index >= 15 is 0 Å². The Morgan fingerprint density at radius 3 is 2.48 bits per heavy atom. The first-order chi connectivity index (χ1) is 15.8. The van der Waals surface area contributed by atoms with Gasteiger partial charge in [0.15, 0.2) is 11.9 Å². The highest BCUT2D eigenvalue weighted by atomic mass is 35.5. The standard InChI is InChI=1S/C25H19Cl2N3O3/c1-14-7-9-16(10-8-14)22-12-19(18-5-3-4-6-21(18)29-22)25(32)33-15(2)24(31)30-23-20(27)11-17(26)13-28-23/h3-13,15H,1-2H3,(H,28,30,31). The largest absolute Gasteiger partial charge is 0.449 e. The number of rotatable bonds is 5. The number of esters is 1. The Labute approximate surface area is 200 Å². The average Bonchev–Trinajstić information content (AvgIpc) is 2.80. The molecule has 1 N–H and O–H groups in total. The lowest BCUT2D eigenvalue weighted by molar-refractivity contribution is -0.123. The number of amides is 1. The van der Waals surface area contributed by atoms with Gasteiger partial charge in [-0.1, -0.05) is 71.2 Å². The fourth-order valence-electron chi connectivity index (χ4n) is 3.22. The number of nitrogens with zero attached hydrogens (tertiary/aromatic N) is 2. The SMILES string of the molecule is Cc1ccc(-c2cc(C(=O)OC(C)C(=O)Nc3ncc(Cl)cc3Cl)c3ccccc3n2)cc1. The normalized spacial score (nSPS) is 11.8. The molecular formula is C25H19Cl2N3O3. The Morgan fingerprint density at radius 1 is 1.03 bits per heavy atom. The predicted molar refractivity (Wildman–Crippen MR) is 130 cm³/mol. The summed E-state index contributed by atoms with van der Waals surface area (Å²) < 4.78 is 5.48. The number of carbonyl (C=O) groups excluding carboxylic acids is 2. The summed E-state index contributed by atoms with van der Waals surface area (Å²) in [6, 6.07) is 18.3. The highest BCUT2D eigenvalue weighted by Gasteiger charge is 2.22. The molecule has 0 spiro atoms. The highest BCUT2D eigenvalue weighted by Crippen LogP contribution is 2.26. The molecule has 0 saturated heterocycles.